The van der Waals surface area contributed by atoms with Gasteiger partial charge in [0, 0.05) is 13.1 Å². The van der Waals surface area contributed by atoms with Crippen LogP contribution in [0.2, 0.25) is 0 Å². The summed E-state index contributed by atoms with van der Waals surface area (Å²) in [5.41, 5.74) is 1.87. The Morgan fingerprint density at radius 2 is 2.32 bits per heavy atom. The summed E-state index contributed by atoms with van der Waals surface area (Å²) in [6, 6.07) is -0.207. The summed E-state index contributed by atoms with van der Waals surface area (Å²) in [5, 5.41) is 13.3. The number of urea groups is 1. The molecule has 2 amide bonds. The molecular formula is C15H21N3O3S. The number of amides is 2. The third-order valence-corrected chi connectivity index (χ3v) is 5.70. The SMILES string of the molecule is CC(C)c1ncsc1NC(=O)N1C[C@@H]2CCC[C@@]2(C(=O)O)C1. The summed E-state index contributed by atoms with van der Waals surface area (Å²) < 4.78 is 0. The molecule has 2 atom stereocenters. The highest BCUT2D eigenvalue weighted by molar-refractivity contribution is 7.14. The fourth-order valence-electron chi connectivity index (χ4n) is 3.73. The number of hydrogen-bond donors (Lipinski definition) is 2. The molecule has 120 valence electrons. The van der Waals surface area contributed by atoms with Crippen LogP contribution in [0.1, 0.15) is 44.7 Å². The molecule has 6 nitrogen and oxygen atoms in total. The normalized spacial score (nSPS) is 27.2. The lowest BCUT2D eigenvalue weighted by molar-refractivity contribution is -0.149. The number of carbonyl (C=O) groups excluding carboxylic acids is 1. The molecule has 2 fully saturated rings. The first-order valence-corrected chi connectivity index (χ1v) is 8.54. The first kappa shape index (κ1) is 15.3. The van der Waals surface area contributed by atoms with Gasteiger partial charge in [-0.25, -0.2) is 9.78 Å². The Balaban J connectivity index is 1.72. The molecule has 0 aromatic carbocycles. The van der Waals surface area contributed by atoms with Crippen LogP contribution >= 0.6 is 11.3 Å². The van der Waals surface area contributed by atoms with E-state index < -0.39 is 11.4 Å². The number of carbonyl (C=O) groups is 2. The second-order valence-electron chi connectivity index (χ2n) is 6.58. The molecule has 2 N–H and O–H groups in total. The Kier molecular flexibility index (Phi) is 3.84. The fourth-order valence-corrected chi connectivity index (χ4v) is 4.56. The third kappa shape index (κ3) is 2.37. The van der Waals surface area contributed by atoms with E-state index in [2.05, 4.69) is 10.3 Å². The van der Waals surface area contributed by atoms with Crippen molar-refractivity contribution in [3.63, 3.8) is 0 Å². The average Bonchev–Trinajstić information content (AvgIpc) is 3.10. The number of rotatable bonds is 3. The molecule has 3 rings (SSSR count). The van der Waals surface area contributed by atoms with E-state index in [1.807, 2.05) is 13.8 Å². The molecule has 1 aromatic rings. The van der Waals surface area contributed by atoms with Gasteiger partial charge in [0.1, 0.15) is 5.00 Å². The highest BCUT2D eigenvalue weighted by Crippen LogP contribution is 2.49. The second-order valence-corrected chi connectivity index (χ2v) is 7.44. The molecule has 1 saturated carbocycles. The summed E-state index contributed by atoms with van der Waals surface area (Å²) in [6.45, 7) is 4.91. The van der Waals surface area contributed by atoms with Gasteiger partial charge in [-0.05, 0) is 24.7 Å². The van der Waals surface area contributed by atoms with E-state index in [0.29, 0.717) is 19.5 Å². The van der Waals surface area contributed by atoms with Crippen LogP contribution in [0.25, 0.3) is 0 Å². The topological polar surface area (TPSA) is 82.5 Å². The molecule has 1 aliphatic heterocycles. The number of carboxylic acids is 1. The lowest BCUT2D eigenvalue weighted by atomic mass is 9.81. The van der Waals surface area contributed by atoms with Crippen LogP contribution in [0, 0.1) is 11.3 Å². The molecule has 0 radical (unpaired) electrons. The van der Waals surface area contributed by atoms with Crippen LogP contribution in [-0.2, 0) is 4.79 Å². The van der Waals surface area contributed by atoms with Gasteiger partial charge in [-0.3, -0.25) is 10.1 Å². The van der Waals surface area contributed by atoms with E-state index in [9.17, 15) is 14.7 Å². The highest BCUT2D eigenvalue weighted by Gasteiger charge is 2.55. The predicted molar refractivity (Wildman–Crippen MR) is 84.2 cm³/mol. The fraction of sp³-hybridized carbons (Fsp3) is 0.667. The van der Waals surface area contributed by atoms with Crippen LogP contribution in [0.15, 0.2) is 5.51 Å². The minimum atomic E-state index is -0.758. The number of hydrogen-bond acceptors (Lipinski definition) is 4. The first-order valence-electron chi connectivity index (χ1n) is 7.67. The van der Waals surface area contributed by atoms with Gasteiger partial charge < -0.3 is 10.0 Å². The minimum Gasteiger partial charge on any atom is -0.481 e. The molecule has 2 aliphatic rings. The number of aromatic nitrogens is 1. The van der Waals surface area contributed by atoms with E-state index in [0.717, 1.165) is 23.5 Å². The van der Waals surface area contributed by atoms with Crippen molar-refractivity contribution in [2.75, 3.05) is 18.4 Å². The van der Waals surface area contributed by atoms with E-state index in [4.69, 9.17) is 0 Å². The van der Waals surface area contributed by atoms with Crippen molar-refractivity contribution in [3.05, 3.63) is 11.2 Å². The van der Waals surface area contributed by atoms with Crippen LogP contribution < -0.4 is 5.32 Å². The van der Waals surface area contributed by atoms with Gasteiger partial charge in [0.05, 0.1) is 16.6 Å². The van der Waals surface area contributed by atoms with Crippen molar-refractivity contribution in [2.45, 2.75) is 39.0 Å². The van der Waals surface area contributed by atoms with Crippen LogP contribution in [-0.4, -0.2) is 40.1 Å². The number of aliphatic carboxylic acids is 1. The zero-order valence-corrected chi connectivity index (χ0v) is 13.7. The Bertz CT molecular complexity index is 601. The van der Waals surface area contributed by atoms with Gasteiger partial charge >= 0.3 is 12.0 Å². The van der Waals surface area contributed by atoms with Crippen molar-refractivity contribution in [3.8, 4) is 0 Å². The third-order valence-electron chi connectivity index (χ3n) is 4.95. The number of anilines is 1. The van der Waals surface area contributed by atoms with Crippen molar-refractivity contribution < 1.29 is 14.7 Å². The summed E-state index contributed by atoms with van der Waals surface area (Å²) >= 11 is 1.41. The van der Waals surface area contributed by atoms with Crippen molar-refractivity contribution in [2.24, 2.45) is 11.3 Å². The zero-order valence-electron chi connectivity index (χ0n) is 12.8. The van der Waals surface area contributed by atoms with E-state index in [-0.39, 0.29) is 17.9 Å². The van der Waals surface area contributed by atoms with E-state index >= 15 is 0 Å². The molecule has 1 aliphatic carbocycles. The number of likely N-dealkylation sites (tertiary alicyclic amines) is 1. The van der Waals surface area contributed by atoms with Gasteiger partial charge in [-0.1, -0.05) is 20.3 Å². The van der Waals surface area contributed by atoms with Crippen LogP contribution in [0.3, 0.4) is 0 Å². The Morgan fingerprint density at radius 1 is 1.55 bits per heavy atom. The summed E-state index contributed by atoms with van der Waals surface area (Å²) in [6.07, 6.45) is 2.52. The van der Waals surface area contributed by atoms with Crippen molar-refractivity contribution in [1.82, 2.24) is 9.88 Å². The quantitative estimate of drug-likeness (QED) is 0.896. The number of nitrogens with one attached hydrogen (secondary N) is 1. The molecule has 22 heavy (non-hydrogen) atoms. The second kappa shape index (κ2) is 5.53. The molecule has 1 saturated heterocycles. The Morgan fingerprint density at radius 3 is 2.95 bits per heavy atom. The minimum absolute atomic E-state index is 0.0850. The molecule has 0 unspecified atom stereocenters. The molecule has 0 bridgehead atoms. The predicted octanol–water partition coefficient (Wildman–Crippen LogP) is 2.99. The standard InChI is InChI=1S/C15H21N3O3S/c1-9(2)11-12(22-8-16-11)17-14(21)18-6-10-4-3-5-15(10,7-18)13(19)20/h8-10H,3-7H2,1-2H3,(H,17,21)(H,19,20)/t10-,15+/m0/s1. The van der Waals surface area contributed by atoms with Gasteiger partial charge in [0.2, 0.25) is 0 Å². The summed E-state index contributed by atoms with van der Waals surface area (Å²) in [5.74, 6) is -0.433. The van der Waals surface area contributed by atoms with Crippen molar-refractivity contribution >= 4 is 28.3 Å². The number of carboxylic acid groups (broad SMARTS) is 1. The van der Waals surface area contributed by atoms with Crippen molar-refractivity contribution in [1.29, 1.82) is 0 Å². The van der Waals surface area contributed by atoms with Gasteiger partial charge in [0.25, 0.3) is 0 Å². The molecular weight excluding hydrogens is 302 g/mol. The monoisotopic (exact) mass is 323 g/mol. The molecule has 1 aromatic heterocycles. The van der Waals surface area contributed by atoms with Gasteiger partial charge in [0.15, 0.2) is 0 Å². The maximum Gasteiger partial charge on any atom is 0.322 e. The van der Waals surface area contributed by atoms with Gasteiger partial charge in [-0.2, -0.15) is 0 Å². The largest absolute Gasteiger partial charge is 0.481 e. The van der Waals surface area contributed by atoms with Gasteiger partial charge in [-0.15, -0.1) is 11.3 Å². The van der Waals surface area contributed by atoms with E-state index in [1.54, 1.807) is 10.4 Å². The maximum absolute atomic E-state index is 12.5. The number of fused-ring (bicyclic) bond motifs is 1. The molecule has 7 heteroatoms. The number of nitrogens with zero attached hydrogens (tertiary/aromatic N) is 2. The lowest BCUT2D eigenvalue weighted by Gasteiger charge is -2.23. The van der Waals surface area contributed by atoms with Crippen LogP contribution in [0.4, 0.5) is 9.80 Å². The summed E-state index contributed by atoms with van der Waals surface area (Å²) in [4.78, 5) is 30.1. The van der Waals surface area contributed by atoms with E-state index in [1.165, 1.54) is 11.3 Å². The molecule has 2 heterocycles. The lowest BCUT2D eigenvalue weighted by Crippen LogP contribution is -2.38. The smallest absolute Gasteiger partial charge is 0.322 e. The number of thiazole rings is 1. The zero-order chi connectivity index (χ0) is 15.9. The highest BCUT2D eigenvalue weighted by atomic mass is 32.1. The van der Waals surface area contributed by atoms with Crippen LogP contribution in [0.5, 0.6) is 0 Å². The Hall–Kier alpha value is -1.63. The Labute approximate surface area is 133 Å². The first-order chi connectivity index (χ1) is 10.4. The summed E-state index contributed by atoms with van der Waals surface area (Å²) in [7, 11) is 0. The molecule has 0 spiro atoms. The average molecular weight is 323 g/mol. The maximum atomic E-state index is 12.5.